The first-order valence-corrected chi connectivity index (χ1v) is 7.08. The van der Waals surface area contributed by atoms with E-state index < -0.39 is 0 Å². The molecule has 3 nitrogen and oxygen atoms in total. The Morgan fingerprint density at radius 1 is 1.12 bits per heavy atom. The SMILES string of the molecule is Cn1nc(C2CCCCC2)c2c1CCCC2N. The molecule has 2 N–H and O–H groups in total. The van der Waals surface area contributed by atoms with Crippen LogP contribution in [0.15, 0.2) is 0 Å². The number of hydrogen-bond acceptors (Lipinski definition) is 2. The molecule has 0 aliphatic heterocycles. The summed E-state index contributed by atoms with van der Waals surface area (Å²) < 4.78 is 2.10. The van der Waals surface area contributed by atoms with E-state index in [1.165, 1.54) is 61.9 Å². The zero-order chi connectivity index (χ0) is 11.8. The molecule has 94 valence electrons. The van der Waals surface area contributed by atoms with Gasteiger partial charge in [-0.15, -0.1) is 0 Å². The van der Waals surface area contributed by atoms with Crippen LogP contribution in [0, 0.1) is 0 Å². The van der Waals surface area contributed by atoms with Gasteiger partial charge >= 0.3 is 0 Å². The van der Waals surface area contributed by atoms with E-state index in [1.54, 1.807) is 0 Å². The lowest BCUT2D eigenvalue weighted by molar-refractivity contribution is 0.429. The van der Waals surface area contributed by atoms with Gasteiger partial charge in [-0.05, 0) is 32.1 Å². The Kier molecular flexibility index (Phi) is 2.95. The predicted octanol–water partition coefficient (Wildman–Crippen LogP) is 2.80. The van der Waals surface area contributed by atoms with Gasteiger partial charge in [0, 0.05) is 30.3 Å². The molecule has 1 heterocycles. The zero-order valence-corrected chi connectivity index (χ0v) is 10.8. The van der Waals surface area contributed by atoms with Crippen molar-refractivity contribution in [2.75, 3.05) is 0 Å². The molecule has 0 spiro atoms. The molecular weight excluding hydrogens is 210 g/mol. The second kappa shape index (κ2) is 4.45. The van der Waals surface area contributed by atoms with Crippen LogP contribution >= 0.6 is 0 Å². The van der Waals surface area contributed by atoms with Gasteiger partial charge in [0.05, 0.1) is 5.69 Å². The maximum absolute atomic E-state index is 6.31. The molecule has 3 rings (SSSR count). The van der Waals surface area contributed by atoms with Crippen LogP contribution in [-0.2, 0) is 13.5 Å². The maximum atomic E-state index is 6.31. The summed E-state index contributed by atoms with van der Waals surface area (Å²) in [5, 5.41) is 4.80. The molecule has 0 aromatic carbocycles. The first-order chi connectivity index (χ1) is 8.27. The second-order valence-electron chi connectivity index (χ2n) is 5.70. The lowest BCUT2D eigenvalue weighted by Gasteiger charge is -2.25. The lowest BCUT2D eigenvalue weighted by atomic mass is 9.81. The highest BCUT2D eigenvalue weighted by molar-refractivity contribution is 5.34. The molecule has 1 aromatic rings. The fourth-order valence-corrected chi connectivity index (χ4v) is 3.61. The Labute approximate surface area is 103 Å². The van der Waals surface area contributed by atoms with Crippen molar-refractivity contribution in [3.8, 4) is 0 Å². The van der Waals surface area contributed by atoms with E-state index in [1.807, 2.05) is 0 Å². The van der Waals surface area contributed by atoms with Crippen molar-refractivity contribution in [2.24, 2.45) is 12.8 Å². The van der Waals surface area contributed by atoms with Gasteiger partial charge in [0.15, 0.2) is 0 Å². The summed E-state index contributed by atoms with van der Waals surface area (Å²) in [6, 6.07) is 0.240. The molecule has 17 heavy (non-hydrogen) atoms. The average Bonchev–Trinajstić information content (AvgIpc) is 2.70. The van der Waals surface area contributed by atoms with Crippen LogP contribution in [0.25, 0.3) is 0 Å². The van der Waals surface area contributed by atoms with E-state index in [9.17, 15) is 0 Å². The summed E-state index contributed by atoms with van der Waals surface area (Å²) in [4.78, 5) is 0. The number of nitrogens with zero attached hydrogens (tertiary/aromatic N) is 2. The molecule has 1 unspecified atom stereocenters. The molecule has 0 saturated heterocycles. The molecule has 0 amide bonds. The van der Waals surface area contributed by atoms with Gasteiger partial charge in [-0.25, -0.2) is 0 Å². The summed E-state index contributed by atoms with van der Waals surface area (Å²) in [6.45, 7) is 0. The maximum Gasteiger partial charge on any atom is 0.0706 e. The molecule has 3 heteroatoms. The predicted molar refractivity (Wildman–Crippen MR) is 68.9 cm³/mol. The van der Waals surface area contributed by atoms with Crippen molar-refractivity contribution in [1.29, 1.82) is 0 Å². The molecule has 2 aliphatic carbocycles. The third-order valence-corrected chi connectivity index (χ3v) is 4.53. The van der Waals surface area contributed by atoms with Crippen LogP contribution in [0.3, 0.4) is 0 Å². The fourth-order valence-electron chi connectivity index (χ4n) is 3.61. The van der Waals surface area contributed by atoms with Crippen LogP contribution in [-0.4, -0.2) is 9.78 Å². The Morgan fingerprint density at radius 2 is 1.88 bits per heavy atom. The van der Waals surface area contributed by atoms with Crippen LogP contribution in [0.1, 0.15) is 73.9 Å². The minimum absolute atomic E-state index is 0.240. The van der Waals surface area contributed by atoms with E-state index >= 15 is 0 Å². The number of aromatic nitrogens is 2. The van der Waals surface area contributed by atoms with Crippen molar-refractivity contribution >= 4 is 0 Å². The minimum atomic E-state index is 0.240. The van der Waals surface area contributed by atoms with Gasteiger partial charge in [0.2, 0.25) is 0 Å². The van der Waals surface area contributed by atoms with Gasteiger partial charge < -0.3 is 5.73 Å². The van der Waals surface area contributed by atoms with E-state index in [0.717, 1.165) is 6.42 Å². The van der Waals surface area contributed by atoms with Crippen LogP contribution in [0.4, 0.5) is 0 Å². The van der Waals surface area contributed by atoms with Gasteiger partial charge in [-0.2, -0.15) is 5.10 Å². The number of fused-ring (bicyclic) bond motifs is 1. The van der Waals surface area contributed by atoms with Crippen molar-refractivity contribution < 1.29 is 0 Å². The molecule has 1 atom stereocenters. The Balaban J connectivity index is 1.98. The van der Waals surface area contributed by atoms with Crippen LogP contribution in [0.2, 0.25) is 0 Å². The van der Waals surface area contributed by atoms with E-state index in [2.05, 4.69) is 11.7 Å². The first kappa shape index (κ1) is 11.3. The number of nitrogens with two attached hydrogens (primary N) is 1. The summed E-state index contributed by atoms with van der Waals surface area (Å²) in [5.74, 6) is 0.683. The van der Waals surface area contributed by atoms with Gasteiger partial charge in [-0.3, -0.25) is 4.68 Å². The molecule has 1 aromatic heterocycles. The third kappa shape index (κ3) is 1.90. The number of rotatable bonds is 1. The monoisotopic (exact) mass is 233 g/mol. The normalized spacial score (nSPS) is 25.9. The summed E-state index contributed by atoms with van der Waals surface area (Å²) in [5.41, 5.74) is 10.5. The molecule has 2 aliphatic rings. The smallest absolute Gasteiger partial charge is 0.0706 e. The molecular formula is C14H23N3. The van der Waals surface area contributed by atoms with Crippen molar-refractivity contribution in [3.05, 3.63) is 17.0 Å². The third-order valence-electron chi connectivity index (χ3n) is 4.53. The van der Waals surface area contributed by atoms with Gasteiger partial charge in [0.25, 0.3) is 0 Å². The average molecular weight is 233 g/mol. The topological polar surface area (TPSA) is 43.8 Å². The highest BCUT2D eigenvalue weighted by Crippen LogP contribution is 2.39. The fraction of sp³-hybridized carbons (Fsp3) is 0.786. The summed E-state index contributed by atoms with van der Waals surface area (Å²) in [7, 11) is 2.09. The summed E-state index contributed by atoms with van der Waals surface area (Å²) >= 11 is 0. The summed E-state index contributed by atoms with van der Waals surface area (Å²) in [6.07, 6.45) is 10.3. The van der Waals surface area contributed by atoms with Crippen molar-refractivity contribution in [1.82, 2.24) is 9.78 Å². The van der Waals surface area contributed by atoms with Crippen LogP contribution < -0.4 is 5.73 Å². The Bertz CT molecular complexity index is 402. The van der Waals surface area contributed by atoms with Gasteiger partial charge in [-0.1, -0.05) is 19.3 Å². The quantitative estimate of drug-likeness (QED) is 0.810. The second-order valence-corrected chi connectivity index (χ2v) is 5.70. The van der Waals surface area contributed by atoms with Crippen molar-refractivity contribution in [3.63, 3.8) is 0 Å². The Morgan fingerprint density at radius 3 is 2.65 bits per heavy atom. The van der Waals surface area contributed by atoms with Crippen molar-refractivity contribution in [2.45, 2.75) is 63.3 Å². The number of hydrogen-bond donors (Lipinski definition) is 1. The van der Waals surface area contributed by atoms with E-state index in [4.69, 9.17) is 10.8 Å². The minimum Gasteiger partial charge on any atom is -0.324 e. The molecule has 0 radical (unpaired) electrons. The Hall–Kier alpha value is -0.830. The molecule has 1 fully saturated rings. The van der Waals surface area contributed by atoms with E-state index in [-0.39, 0.29) is 6.04 Å². The van der Waals surface area contributed by atoms with Crippen LogP contribution in [0.5, 0.6) is 0 Å². The lowest BCUT2D eigenvalue weighted by Crippen LogP contribution is -2.20. The van der Waals surface area contributed by atoms with Gasteiger partial charge in [0.1, 0.15) is 0 Å². The molecule has 1 saturated carbocycles. The standard InChI is InChI=1S/C14H23N3/c1-17-12-9-5-8-11(15)13(12)14(16-17)10-6-3-2-4-7-10/h10-11H,2-9,15H2,1H3. The largest absolute Gasteiger partial charge is 0.324 e. The zero-order valence-electron chi connectivity index (χ0n) is 10.8. The number of aryl methyl sites for hydroxylation is 1. The van der Waals surface area contributed by atoms with E-state index in [0.29, 0.717) is 5.92 Å². The highest BCUT2D eigenvalue weighted by atomic mass is 15.3. The first-order valence-electron chi connectivity index (χ1n) is 7.08. The highest BCUT2D eigenvalue weighted by Gasteiger charge is 2.29. The molecule has 0 bridgehead atoms.